The number of amides is 2. The molecule has 0 bridgehead atoms. The van der Waals surface area contributed by atoms with Gasteiger partial charge in [0.25, 0.3) is 5.91 Å². The molecule has 0 aliphatic carbocycles. The predicted octanol–water partition coefficient (Wildman–Crippen LogP) is 2.27. The molecule has 0 radical (unpaired) electrons. The summed E-state index contributed by atoms with van der Waals surface area (Å²) in [6.45, 7) is 8.23. The van der Waals surface area contributed by atoms with Gasteiger partial charge in [0.15, 0.2) is 6.10 Å². The molecule has 1 unspecified atom stereocenters. The first-order valence-electron chi connectivity index (χ1n) is 8.89. The highest BCUT2D eigenvalue weighted by Gasteiger charge is 2.26. The average Bonchev–Trinajstić information content (AvgIpc) is 2.81. The molecule has 1 aliphatic heterocycles. The van der Waals surface area contributed by atoms with Crippen LogP contribution in [0.1, 0.15) is 33.6 Å². The number of nitrogens with zero attached hydrogens (tertiary/aromatic N) is 2. The number of hydrogen-bond donors (Lipinski definition) is 1. The summed E-state index contributed by atoms with van der Waals surface area (Å²) in [4.78, 5) is 28.5. The van der Waals surface area contributed by atoms with E-state index < -0.39 is 6.10 Å². The number of hydrogen-bond acceptors (Lipinski definition) is 4. The maximum atomic E-state index is 12.6. The largest absolute Gasteiger partial charge is 0.508 e. The van der Waals surface area contributed by atoms with Crippen molar-refractivity contribution in [3.05, 3.63) is 24.3 Å². The van der Waals surface area contributed by atoms with Gasteiger partial charge in [-0.15, -0.1) is 0 Å². The molecule has 1 aliphatic rings. The average molecular weight is 348 g/mol. The first-order chi connectivity index (χ1) is 11.9. The SMILES string of the molecule is CC(C)CC(=O)N1CCCN(C(=O)C(C)Oc2ccc(O)cc2)CC1. The van der Waals surface area contributed by atoms with Gasteiger partial charge in [-0.3, -0.25) is 9.59 Å². The van der Waals surface area contributed by atoms with Gasteiger partial charge in [0.05, 0.1) is 0 Å². The van der Waals surface area contributed by atoms with Crippen molar-refractivity contribution < 1.29 is 19.4 Å². The number of carbonyl (C=O) groups is 2. The molecule has 1 heterocycles. The van der Waals surface area contributed by atoms with Gasteiger partial charge in [-0.1, -0.05) is 13.8 Å². The van der Waals surface area contributed by atoms with Gasteiger partial charge in [0.1, 0.15) is 11.5 Å². The molecule has 2 rings (SSSR count). The van der Waals surface area contributed by atoms with Crippen LogP contribution in [0.2, 0.25) is 0 Å². The minimum absolute atomic E-state index is 0.0776. The Morgan fingerprint density at radius 3 is 2.28 bits per heavy atom. The van der Waals surface area contributed by atoms with Crippen molar-refractivity contribution >= 4 is 11.8 Å². The molecule has 1 fully saturated rings. The molecule has 1 aromatic carbocycles. The van der Waals surface area contributed by atoms with E-state index in [4.69, 9.17) is 4.74 Å². The summed E-state index contributed by atoms with van der Waals surface area (Å²) in [5.74, 6) is 1.13. The lowest BCUT2D eigenvalue weighted by Crippen LogP contribution is -2.43. The van der Waals surface area contributed by atoms with Gasteiger partial charge in [-0.25, -0.2) is 0 Å². The quantitative estimate of drug-likeness (QED) is 0.886. The molecule has 1 atom stereocenters. The number of aromatic hydroxyl groups is 1. The highest BCUT2D eigenvalue weighted by Crippen LogP contribution is 2.18. The first-order valence-corrected chi connectivity index (χ1v) is 8.89. The normalized spacial score (nSPS) is 16.5. The smallest absolute Gasteiger partial charge is 0.263 e. The van der Waals surface area contributed by atoms with E-state index in [-0.39, 0.29) is 17.6 Å². The Kier molecular flexibility index (Phi) is 6.67. The monoisotopic (exact) mass is 348 g/mol. The van der Waals surface area contributed by atoms with E-state index in [1.165, 1.54) is 12.1 Å². The molecule has 1 N–H and O–H groups in total. The van der Waals surface area contributed by atoms with E-state index in [0.717, 1.165) is 6.42 Å². The topological polar surface area (TPSA) is 70.1 Å². The first kappa shape index (κ1) is 19.1. The van der Waals surface area contributed by atoms with Gasteiger partial charge in [-0.2, -0.15) is 0 Å². The molecule has 6 heteroatoms. The zero-order valence-electron chi connectivity index (χ0n) is 15.3. The Balaban J connectivity index is 1.89. The van der Waals surface area contributed by atoms with E-state index in [2.05, 4.69) is 0 Å². The Hall–Kier alpha value is -2.24. The van der Waals surface area contributed by atoms with Crippen LogP contribution in [0.5, 0.6) is 11.5 Å². The maximum Gasteiger partial charge on any atom is 0.263 e. The summed E-state index contributed by atoms with van der Waals surface area (Å²) >= 11 is 0. The third kappa shape index (κ3) is 5.66. The molecule has 0 spiro atoms. The third-order valence-corrected chi connectivity index (χ3v) is 4.24. The number of phenols is 1. The fourth-order valence-electron chi connectivity index (χ4n) is 2.90. The van der Waals surface area contributed by atoms with E-state index in [9.17, 15) is 14.7 Å². The van der Waals surface area contributed by atoms with Crippen LogP contribution in [-0.2, 0) is 9.59 Å². The van der Waals surface area contributed by atoms with E-state index in [0.29, 0.717) is 44.3 Å². The second-order valence-corrected chi connectivity index (χ2v) is 6.91. The lowest BCUT2D eigenvalue weighted by molar-refractivity contribution is -0.138. The van der Waals surface area contributed by atoms with E-state index in [1.807, 2.05) is 18.7 Å². The van der Waals surface area contributed by atoms with Crippen LogP contribution in [0.3, 0.4) is 0 Å². The predicted molar refractivity (Wildman–Crippen MR) is 95.4 cm³/mol. The molecule has 1 saturated heterocycles. The van der Waals surface area contributed by atoms with Gasteiger partial charge in [-0.05, 0) is 43.5 Å². The molecular weight excluding hydrogens is 320 g/mol. The Bertz CT molecular complexity index is 586. The van der Waals surface area contributed by atoms with Gasteiger partial charge >= 0.3 is 0 Å². The van der Waals surface area contributed by atoms with Gasteiger partial charge in [0, 0.05) is 32.6 Å². The fourth-order valence-corrected chi connectivity index (χ4v) is 2.90. The molecule has 0 saturated carbocycles. The number of carbonyl (C=O) groups excluding carboxylic acids is 2. The van der Waals surface area contributed by atoms with Crippen LogP contribution in [0, 0.1) is 5.92 Å². The third-order valence-electron chi connectivity index (χ3n) is 4.24. The van der Waals surface area contributed by atoms with Crippen molar-refractivity contribution in [1.82, 2.24) is 9.80 Å². The summed E-state index contributed by atoms with van der Waals surface area (Å²) in [5.41, 5.74) is 0. The van der Waals surface area contributed by atoms with Crippen molar-refractivity contribution in [2.45, 2.75) is 39.7 Å². The van der Waals surface area contributed by atoms with Gasteiger partial charge in [0.2, 0.25) is 5.91 Å². The lowest BCUT2D eigenvalue weighted by atomic mass is 10.1. The number of rotatable bonds is 5. The summed E-state index contributed by atoms with van der Waals surface area (Å²) in [6.07, 6.45) is 0.720. The van der Waals surface area contributed by atoms with Crippen molar-refractivity contribution in [2.75, 3.05) is 26.2 Å². The van der Waals surface area contributed by atoms with Crippen molar-refractivity contribution in [3.63, 3.8) is 0 Å². The highest BCUT2D eigenvalue weighted by atomic mass is 16.5. The Labute approximate surface area is 149 Å². The molecule has 6 nitrogen and oxygen atoms in total. The number of phenolic OH excluding ortho intramolecular Hbond substituents is 1. The molecule has 0 aromatic heterocycles. The van der Waals surface area contributed by atoms with Crippen LogP contribution in [0.4, 0.5) is 0 Å². The van der Waals surface area contributed by atoms with Crippen LogP contribution in [0.15, 0.2) is 24.3 Å². The summed E-state index contributed by atoms with van der Waals surface area (Å²) in [5, 5.41) is 9.30. The Morgan fingerprint density at radius 2 is 1.64 bits per heavy atom. The zero-order chi connectivity index (χ0) is 18.4. The summed E-state index contributed by atoms with van der Waals surface area (Å²) < 4.78 is 5.67. The van der Waals surface area contributed by atoms with E-state index >= 15 is 0 Å². The van der Waals surface area contributed by atoms with Crippen molar-refractivity contribution in [2.24, 2.45) is 5.92 Å². The zero-order valence-corrected chi connectivity index (χ0v) is 15.3. The van der Waals surface area contributed by atoms with Crippen molar-refractivity contribution in [3.8, 4) is 11.5 Å². The summed E-state index contributed by atoms with van der Waals surface area (Å²) in [7, 11) is 0. The van der Waals surface area contributed by atoms with Crippen LogP contribution in [-0.4, -0.2) is 59.0 Å². The van der Waals surface area contributed by atoms with E-state index in [1.54, 1.807) is 24.0 Å². The minimum atomic E-state index is -0.609. The number of benzene rings is 1. The second kappa shape index (κ2) is 8.74. The van der Waals surface area contributed by atoms with Crippen LogP contribution >= 0.6 is 0 Å². The fraction of sp³-hybridized carbons (Fsp3) is 0.579. The summed E-state index contributed by atoms with van der Waals surface area (Å²) in [6, 6.07) is 6.31. The van der Waals surface area contributed by atoms with Gasteiger partial charge < -0.3 is 19.6 Å². The maximum absolute atomic E-state index is 12.6. The highest BCUT2D eigenvalue weighted by molar-refractivity contribution is 5.81. The van der Waals surface area contributed by atoms with Crippen molar-refractivity contribution in [1.29, 1.82) is 0 Å². The molecule has 25 heavy (non-hydrogen) atoms. The second-order valence-electron chi connectivity index (χ2n) is 6.91. The molecule has 2 amide bonds. The Morgan fingerprint density at radius 1 is 1.04 bits per heavy atom. The molecule has 138 valence electrons. The van der Waals surface area contributed by atoms with Crippen LogP contribution < -0.4 is 4.74 Å². The number of ether oxygens (including phenoxy) is 1. The molecule has 1 aromatic rings. The minimum Gasteiger partial charge on any atom is -0.508 e. The van der Waals surface area contributed by atoms with Crippen LogP contribution in [0.25, 0.3) is 0 Å². The standard InChI is InChI=1S/C19H28N2O4/c1-14(2)13-18(23)20-9-4-10-21(12-11-20)19(24)15(3)25-17-7-5-16(22)6-8-17/h5-8,14-15,22H,4,9-13H2,1-3H3. The molecular formula is C19H28N2O4. The lowest BCUT2D eigenvalue weighted by Gasteiger charge is -2.25.